The molecular weight excluding hydrogens is 418 g/mol. The number of carbonyl (C=O) groups is 1. The molecule has 5 rings (SSSR count). The molecule has 2 saturated heterocycles. The standard InChI is InChI=1S/C26H27N3O4/c1-3-33-19-12-10-18(11-13-19)29-25(17-9-14-20(30)21(15-17)32-2)22-23(16-7-5-4-6-8-16)27-28-24(22)26(29)31/h4-15,22-25,27-28,30H,3H2,1-2H3. The molecule has 3 N–H and O–H groups in total. The summed E-state index contributed by atoms with van der Waals surface area (Å²) in [6.07, 6.45) is 0. The van der Waals surface area contributed by atoms with E-state index in [-0.39, 0.29) is 29.7 Å². The normalized spacial score (nSPS) is 24.1. The molecule has 1 amide bonds. The highest BCUT2D eigenvalue weighted by atomic mass is 16.5. The number of hydrazine groups is 1. The molecular formula is C26H27N3O4. The van der Waals surface area contributed by atoms with Crippen LogP contribution in [0.2, 0.25) is 0 Å². The minimum atomic E-state index is -0.397. The number of rotatable bonds is 6. The average Bonchev–Trinajstić information content (AvgIpc) is 3.40. The van der Waals surface area contributed by atoms with Crippen LogP contribution in [0.5, 0.6) is 17.2 Å². The van der Waals surface area contributed by atoms with E-state index in [1.54, 1.807) is 6.07 Å². The van der Waals surface area contributed by atoms with Crippen molar-refractivity contribution in [3.05, 3.63) is 83.9 Å². The second-order valence-corrected chi connectivity index (χ2v) is 8.24. The number of aromatic hydroxyl groups is 1. The van der Waals surface area contributed by atoms with Crippen LogP contribution in [-0.2, 0) is 4.79 Å². The summed E-state index contributed by atoms with van der Waals surface area (Å²) in [6, 6.07) is 22.3. The number of hydrogen-bond donors (Lipinski definition) is 3. The van der Waals surface area contributed by atoms with Crippen LogP contribution in [-0.4, -0.2) is 30.8 Å². The summed E-state index contributed by atoms with van der Waals surface area (Å²) in [4.78, 5) is 15.5. The molecule has 2 heterocycles. The maximum absolute atomic E-state index is 13.7. The maximum Gasteiger partial charge on any atom is 0.246 e. The summed E-state index contributed by atoms with van der Waals surface area (Å²) in [5.41, 5.74) is 9.38. The highest BCUT2D eigenvalue weighted by Gasteiger charge is 2.56. The number of fused-ring (bicyclic) bond motifs is 1. The van der Waals surface area contributed by atoms with Crippen LogP contribution in [0.3, 0.4) is 0 Å². The molecule has 2 fully saturated rings. The second kappa shape index (κ2) is 8.77. The first-order chi connectivity index (χ1) is 16.1. The number of anilines is 1. The van der Waals surface area contributed by atoms with Gasteiger partial charge in [-0.3, -0.25) is 4.79 Å². The van der Waals surface area contributed by atoms with Crippen LogP contribution < -0.4 is 25.2 Å². The molecule has 0 radical (unpaired) electrons. The molecule has 2 aliphatic rings. The monoisotopic (exact) mass is 445 g/mol. The Balaban J connectivity index is 1.61. The van der Waals surface area contributed by atoms with Gasteiger partial charge < -0.3 is 19.5 Å². The first-order valence-electron chi connectivity index (χ1n) is 11.1. The molecule has 0 spiro atoms. The predicted molar refractivity (Wildman–Crippen MR) is 125 cm³/mol. The van der Waals surface area contributed by atoms with Crippen molar-refractivity contribution in [3.63, 3.8) is 0 Å². The number of phenols is 1. The fourth-order valence-corrected chi connectivity index (χ4v) is 4.99. The molecule has 4 atom stereocenters. The number of nitrogens with one attached hydrogen (secondary N) is 2. The smallest absolute Gasteiger partial charge is 0.246 e. The lowest BCUT2D eigenvalue weighted by atomic mass is 9.83. The Morgan fingerprint density at radius 2 is 1.67 bits per heavy atom. The van der Waals surface area contributed by atoms with E-state index in [1.165, 1.54) is 7.11 Å². The first-order valence-corrected chi connectivity index (χ1v) is 11.1. The van der Waals surface area contributed by atoms with E-state index in [0.717, 1.165) is 22.6 Å². The van der Waals surface area contributed by atoms with Gasteiger partial charge in [-0.15, -0.1) is 0 Å². The van der Waals surface area contributed by atoms with Gasteiger partial charge in [0.25, 0.3) is 0 Å². The topological polar surface area (TPSA) is 83.1 Å². The van der Waals surface area contributed by atoms with Gasteiger partial charge in [0.2, 0.25) is 5.91 Å². The zero-order valence-electron chi connectivity index (χ0n) is 18.6. The second-order valence-electron chi connectivity index (χ2n) is 8.24. The minimum absolute atomic E-state index is 0.00728. The third kappa shape index (κ3) is 3.69. The summed E-state index contributed by atoms with van der Waals surface area (Å²) >= 11 is 0. The highest BCUT2D eigenvalue weighted by molar-refractivity contribution is 6.01. The molecule has 7 heteroatoms. The fraction of sp³-hybridized carbons (Fsp3) is 0.269. The van der Waals surface area contributed by atoms with Gasteiger partial charge >= 0.3 is 0 Å². The summed E-state index contributed by atoms with van der Waals surface area (Å²) in [5, 5.41) is 10.2. The number of benzene rings is 3. The van der Waals surface area contributed by atoms with E-state index < -0.39 is 6.04 Å². The SMILES string of the molecule is CCOc1ccc(N2C(=O)C3NNC(c4ccccc4)C3C2c2ccc(O)c(OC)c2)cc1. The maximum atomic E-state index is 13.7. The average molecular weight is 446 g/mol. The molecule has 7 nitrogen and oxygen atoms in total. The van der Waals surface area contributed by atoms with Gasteiger partial charge in [-0.2, -0.15) is 0 Å². The van der Waals surface area contributed by atoms with Crippen molar-refractivity contribution in [2.45, 2.75) is 25.0 Å². The zero-order chi connectivity index (χ0) is 22.9. The van der Waals surface area contributed by atoms with Gasteiger partial charge in [-0.05, 0) is 54.4 Å². The van der Waals surface area contributed by atoms with Gasteiger partial charge in [0.1, 0.15) is 11.8 Å². The van der Waals surface area contributed by atoms with E-state index in [0.29, 0.717) is 12.4 Å². The van der Waals surface area contributed by atoms with Crippen LogP contribution in [0.1, 0.15) is 30.1 Å². The number of hydrogen-bond acceptors (Lipinski definition) is 6. The van der Waals surface area contributed by atoms with Crippen LogP contribution in [0.4, 0.5) is 5.69 Å². The van der Waals surface area contributed by atoms with E-state index in [4.69, 9.17) is 9.47 Å². The van der Waals surface area contributed by atoms with E-state index in [9.17, 15) is 9.90 Å². The van der Waals surface area contributed by atoms with Gasteiger partial charge in [-0.25, -0.2) is 10.9 Å². The molecule has 0 aromatic heterocycles. The Bertz CT molecular complexity index is 1140. The van der Waals surface area contributed by atoms with Crippen LogP contribution in [0.25, 0.3) is 0 Å². The van der Waals surface area contributed by atoms with Crippen LogP contribution in [0.15, 0.2) is 72.8 Å². The Hall–Kier alpha value is -3.55. The van der Waals surface area contributed by atoms with Crippen molar-refractivity contribution in [2.75, 3.05) is 18.6 Å². The van der Waals surface area contributed by atoms with Crippen LogP contribution >= 0.6 is 0 Å². The molecule has 0 bridgehead atoms. The lowest BCUT2D eigenvalue weighted by Crippen LogP contribution is -2.41. The van der Waals surface area contributed by atoms with Gasteiger partial charge in [-0.1, -0.05) is 36.4 Å². The Morgan fingerprint density at radius 1 is 0.939 bits per heavy atom. The number of phenolic OH excluding ortho intramolecular Hbond substituents is 1. The van der Waals surface area contributed by atoms with E-state index in [1.807, 2.05) is 66.4 Å². The van der Waals surface area contributed by atoms with Gasteiger partial charge in [0.15, 0.2) is 11.5 Å². The Kier molecular flexibility index (Phi) is 5.66. The van der Waals surface area contributed by atoms with Crippen molar-refractivity contribution in [3.8, 4) is 17.2 Å². The lowest BCUT2D eigenvalue weighted by molar-refractivity contribution is -0.119. The largest absolute Gasteiger partial charge is 0.504 e. The number of ether oxygens (including phenoxy) is 2. The third-order valence-corrected chi connectivity index (χ3v) is 6.44. The molecule has 33 heavy (non-hydrogen) atoms. The summed E-state index contributed by atoms with van der Waals surface area (Å²) in [6.45, 7) is 2.52. The third-order valence-electron chi connectivity index (χ3n) is 6.44. The number of amides is 1. The first kappa shape index (κ1) is 21.3. The number of nitrogens with zero attached hydrogens (tertiary/aromatic N) is 1. The minimum Gasteiger partial charge on any atom is -0.504 e. The molecule has 2 aliphatic heterocycles. The lowest BCUT2D eigenvalue weighted by Gasteiger charge is -2.31. The Labute approximate surface area is 192 Å². The van der Waals surface area contributed by atoms with Crippen molar-refractivity contribution in [1.82, 2.24) is 10.9 Å². The van der Waals surface area contributed by atoms with E-state index >= 15 is 0 Å². The molecule has 170 valence electrons. The van der Waals surface area contributed by atoms with Crippen molar-refractivity contribution in [2.24, 2.45) is 5.92 Å². The Morgan fingerprint density at radius 3 is 2.36 bits per heavy atom. The molecule has 3 aromatic rings. The van der Waals surface area contributed by atoms with Crippen molar-refractivity contribution < 1.29 is 19.4 Å². The summed E-state index contributed by atoms with van der Waals surface area (Å²) < 4.78 is 11.0. The van der Waals surface area contributed by atoms with Crippen LogP contribution in [0, 0.1) is 5.92 Å². The molecule has 3 aromatic carbocycles. The molecule has 0 aliphatic carbocycles. The number of methoxy groups -OCH3 is 1. The summed E-state index contributed by atoms with van der Waals surface area (Å²) in [5.74, 6) is 1.12. The quantitative estimate of drug-likeness (QED) is 0.537. The predicted octanol–water partition coefficient (Wildman–Crippen LogP) is 3.72. The van der Waals surface area contributed by atoms with E-state index in [2.05, 4.69) is 23.0 Å². The van der Waals surface area contributed by atoms with Crippen molar-refractivity contribution in [1.29, 1.82) is 0 Å². The van der Waals surface area contributed by atoms with Crippen molar-refractivity contribution >= 4 is 11.6 Å². The molecule has 4 unspecified atom stereocenters. The number of carbonyl (C=O) groups excluding carboxylic acids is 1. The van der Waals surface area contributed by atoms with Gasteiger partial charge in [0.05, 0.1) is 25.8 Å². The fourth-order valence-electron chi connectivity index (χ4n) is 4.99. The highest BCUT2D eigenvalue weighted by Crippen LogP contribution is 2.50. The summed E-state index contributed by atoms with van der Waals surface area (Å²) in [7, 11) is 1.52. The molecule has 0 saturated carbocycles. The zero-order valence-corrected chi connectivity index (χ0v) is 18.6. The van der Waals surface area contributed by atoms with Gasteiger partial charge in [0, 0.05) is 11.6 Å².